The van der Waals surface area contributed by atoms with Crippen LogP contribution in [0.2, 0.25) is 0 Å². The molecular weight excluding hydrogens is 604 g/mol. The summed E-state index contributed by atoms with van der Waals surface area (Å²) in [6.45, 7) is 0.0218. The predicted octanol–water partition coefficient (Wildman–Crippen LogP) is 1.50. The number of fused-ring (bicyclic) bond motifs is 3. The van der Waals surface area contributed by atoms with Gasteiger partial charge in [0.25, 0.3) is 5.91 Å². The lowest BCUT2D eigenvalue weighted by Gasteiger charge is -2.35. The molecule has 7 rings (SSSR count). The number of cyclic esters (lactones) is 1. The molecule has 2 saturated heterocycles. The number of nitrogens with one attached hydrogen (secondary N) is 1. The van der Waals surface area contributed by atoms with Crippen LogP contribution in [0.1, 0.15) is 30.9 Å². The Kier molecular flexibility index (Phi) is 8.33. The van der Waals surface area contributed by atoms with Crippen molar-refractivity contribution < 1.29 is 33.8 Å². The summed E-state index contributed by atoms with van der Waals surface area (Å²) < 4.78 is 13.7. The van der Waals surface area contributed by atoms with Crippen LogP contribution in [0.3, 0.4) is 0 Å². The van der Waals surface area contributed by atoms with Gasteiger partial charge in [0.1, 0.15) is 30.4 Å². The number of hydrogen-bond acceptors (Lipinski definition) is 9. The second-order valence-electron chi connectivity index (χ2n) is 12.3. The van der Waals surface area contributed by atoms with E-state index >= 15 is 0 Å². The largest absolute Gasteiger partial charge is 0.463 e. The highest BCUT2D eigenvalue weighted by atomic mass is 16.5. The van der Waals surface area contributed by atoms with Crippen molar-refractivity contribution >= 4 is 34.7 Å². The van der Waals surface area contributed by atoms with E-state index in [1.165, 1.54) is 4.90 Å². The zero-order valence-electron chi connectivity index (χ0n) is 25.7. The molecular formula is C34H36N6O7. The second kappa shape index (κ2) is 12.7. The Balaban J connectivity index is 1.28. The summed E-state index contributed by atoms with van der Waals surface area (Å²) >= 11 is 0. The van der Waals surface area contributed by atoms with Gasteiger partial charge >= 0.3 is 5.97 Å². The lowest BCUT2D eigenvalue weighted by molar-refractivity contribution is -0.149. The van der Waals surface area contributed by atoms with E-state index in [2.05, 4.69) is 15.6 Å². The molecule has 4 aliphatic heterocycles. The van der Waals surface area contributed by atoms with Gasteiger partial charge in [-0.15, -0.1) is 5.10 Å². The van der Waals surface area contributed by atoms with Crippen molar-refractivity contribution in [2.45, 2.75) is 49.7 Å². The Hall–Kier alpha value is -4.88. The molecule has 13 nitrogen and oxygen atoms in total. The lowest BCUT2D eigenvalue weighted by atomic mass is 9.74. The highest BCUT2D eigenvalue weighted by Gasteiger charge is 2.73. The molecule has 47 heavy (non-hydrogen) atoms. The molecule has 5 heterocycles. The van der Waals surface area contributed by atoms with Crippen LogP contribution in [0.25, 0.3) is 11.0 Å². The Morgan fingerprint density at radius 2 is 1.81 bits per heavy atom. The molecule has 244 valence electrons. The van der Waals surface area contributed by atoms with Crippen LogP contribution < -0.4 is 5.32 Å². The number of aliphatic hydroxyl groups is 1. The van der Waals surface area contributed by atoms with E-state index in [1.54, 1.807) is 27.8 Å². The molecule has 2 fully saturated rings. The zero-order chi connectivity index (χ0) is 32.5. The number of aliphatic hydroxyl groups excluding tert-OH is 1. The van der Waals surface area contributed by atoms with Gasteiger partial charge in [0.15, 0.2) is 0 Å². The molecule has 1 aromatic heterocycles. The molecule has 13 heteroatoms. The Bertz CT molecular complexity index is 1740. The van der Waals surface area contributed by atoms with Gasteiger partial charge in [-0.05, 0) is 30.5 Å². The maximum atomic E-state index is 14.8. The number of carbonyl (C=O) groups excluding carboxylic acids is 4. The first-order chi connectivity index (χ1) is 22.9. The van der Waals surface area contributed by atoms with E-state index in [0.717, 1.165) is 11.1 Å². The van der Waals surface area contributed by atoms with Crippen LogP contribution >= 0.6 is 0 Å². The lowest BCUT2D eigenvalue weighted by Crippen LogP contribution is -2.56. The van der Waals surface area contributed by atoms with Crippen LogP contribution in [0.15, 0.2) is 78.9 Å². The number of rotatable bonds is 6. The van der Waals surface area contributed by atoms with Gasteiger partial charge < -0.3 is 29.7 Å². The number of carbonyl (C=O) groups is 4. The summed E-state index contributed by atoms with van der Waals surface area (Å²) in [4.78, 5) is 58.9. The molecule has 4 aliphatic rings. The van der Waals surface area contributed by atoms with Gasteiger partial charge in [-0.1, -0.05) is 72.0 Å². The first-order valence-electron chi connectivity index (χ1n) is 15.9. The molecule has 6 atom stereocenters. The summed E-state index contributed by atoms with van der Waals surface area (Å²) in [5.74, 6) is -3.52. The van der Waals surface area contributed by atoms with E-state index in [-0.39, 0.29) is 57.6 Å². The van der Waals surface area contributed by atoms with Crippen LogP contribution in [0.5, 0.6) is 0 Å². The molecule has 0 aliphatic carbocycles. The molecule has 5 bridgehead atoms. The van der Waals surface area contributed by atoms with Crippen molar-refractivity contribution in [3.63, 3.8) is 0 Å². The van der Waals surface area contributed by atoms with E-state index in [0.29, 0.717) is 11.9 Å². The molecule has 1 spiro atoms. The van der Waals surface area contributed by atoms with E-state index in [9.17, 15) is 24.3 Å². The second-order valence-corrected chi connectivity index (χ2v) is 12.3. The monoisotopic (exact) mass is 640 g/mol. The van der Waals surface area contributed by atoms with Crippen molar-refractivity contribution in [2.24, 2.45) is 11.8 Å². The average molecular weight is 641 g/mol. The first kappa shape index (κ1) is 30.8. The molecule has 3 aromatic rings. The molecule has 0 radical (unpaired) electrons. The topological polar surface area (TPSA) is 156 Å². The minimum Gasteiger partial charge on any atom is -0.463 e. The number of amides is 3. The van der Waals surface area contributed by atoms with Crippen molar-refractivity contribution in [3.05, 3.63) is 84.5 Å². The third-order valence-corrected chi connectivity index (χ3v) is 9.44. The fraction of sp³-hybridized carbons (Fsp3) is 0.412. The Morgan fingerprint density at radius 1 is 1.00 bits per heavy atom. The number of benzene rings is 2. The number of para-hydroxylation sites is 1. The third-order valence-electron chi connectivity index (χ3n) is 9.44. The molecule has 2 aromatic carbocycles. The van der Waals surface area contributed by atoms with E-state index < -0.39 is 47.5 Å². The number of esters is 1. The quantitative estimate of drug-likeness (QED) is 0.301. The highest BCUT2D eigenvalue weighted by molar-refractivity contribution is 6.00. The SMILES string of the molecule is O=C1CC/C=C\CN(Cn2nnc3ccccc32)C(=O)[C@H]2N(CCCO)C(=O)[C@@H]3[C@@H](C(=O)N[C@@H](c4ccccc4)CO1)[C@H]1C=C[C@]32O1. The van der Waals surface area contributed by atoms with Crippen molar-refractivity contribution in [2.75, 3.05) is 26.3 Å². The van der Waals surface area contributed by atoms with E-state index in [1.807, 2.05) is 60.7 Å². The zero-order valence-corrected chi connectivity index (χ0v) is 25.7. The minimum atomic E-state index is -1.38. The Morgan fingerprint density at radius 3 is 2.64 bits per heavy atom. The smallest absolute Gasteiger partial charge is 0.306 e. The van der Waals surface area contributed by atoms with Gasteiger partial charge in [-0.2, -0.15) is 0 Å². The van der Waals surface area contributed by atoms with Gasteiger partial charge in [0, 0.05) is 26.1 Å². The number of ether oxygens (including phenoxy) is 2. The molecule has 3 amide bonds. The van der Waals surface area contributed by atoms with Gasteiger partial charge in [0.2, 0.25) is 11.8 Å². The average Bonchev–Trinajstić information content (AvgIpc) is 3.84. The first-order valence-corrected chi connectivity index (χ1v) is 15.9. The minimum absolute atomic E-state index is 0.0286. The highest BCUT2D eigenvalue weighted by Crippen LogP contribution is 2.55. The maximum absolute atomic E-state index is 14.8. The third kappa shape index (κ3) is 5.48. The van der Waals surface area contributed by atoms with Crippen molar-refractivity contribution in [1.82, 2.24) is 30.1 Å². The summed E-state index contributed by atoms with van der Waals surface area (Å²) in [7, 11) is 0. The number of aromatic nitrogens is 3. The fourth-order valence-electron chi connectivity index (χ4n) is 7.25. The summed E-state index contributed by atoms with van der Waals surface area (Å²) in [6, 6.07) is 14.8. The van der Waals surface area contributed by atoms with Gasteiger partial charge in [-0.25, -0.2) is 4.68 Å². The Labute approximate surface area is 270 Å². The van der Waals surface area contributed by atoms with Crippen LogP contribution in [0.4, 0.5) is 0 Å². The van der Waals surface area contributed by atoms with Gasteiger partial charge in [0.05, 0.1) is 29.5 Å². The molecule has 0 unspecified atom stereocenters. The van der Waals surface area contributed by atoms with E-state index in [4.69, 9.17) is 9.47 Å². The van der Waals surface area contributed by atoms with Gasteiger partial charge in [-0.3, -0.25) is 19.2 Å². The normalized spacial score (nSPS) is 30.1. The predicted molar refractivity (Wildman–Crippen MR) is 167 cm³/mol. The summed E-state index contributed by atoms with van der Waals surface area (Å²) in [5, 5.41) is 21.2. The number of likely N-dealkylation sites (tertiary alicyclic amines) is 1. The molecule has 0 saturated carbocycles. The van der Waals surface area contributed by atoms with Crippen molar-refractivity contribution in [3.8, 4) is 0 Å². The molecule has 2 N–H and O–H groups in total. The van der Waals surface area contributed by atoms with Crippen LogP contribution in [-0.4, -0.2) is 97.6 Å². The van der Waals surface area contributed by atoms with Crippen LogP contribution in [-0.2, 0) is 35.3 Å². The van der Waals surface area contributed by atoms with Crippen molar-refractivity contribution in [1.29, 1.82) is 0 Å². The maximum Gasteiger partial charge on any atom is 0.306 e. The summed E-state index contributed by atoms with van der Waals surface area (Å²) in [6.07, 6.45) is 7.14. The standard InChI is InChI=1S/C34H36N6O7/c41-19-9-18-39-30-33(45)38(21-40-25-13-7-6-12-23(25)36-37-40)17-8-2-5-14-27(42)46-20-24(22-10-3-1-4-11-22)35-31(43)28-26-15-16-34(30,47-26)29(28)32(39)44/h1-4,6-8,10-13,15-16,24,26,28-30,41H,5,9,14,17-21H2,(H,35,43)/b8-2-/t24-,26-,28+,29+,30-,34+/m1/s1. The number of nitrogens with zero attached hydrogens (tertiary/aromatic N) is 5. The fourth-order valence-corrected chi connectivity index (χ4v) is 7.25. The summed E-state index contributed by atoms with van der Waals surface area (Å²) in [5.41, 5.74) is 0.758. The number of allylic oxidation sites excluding steroid dienone is 1. The number of hydrogen-bond donors (Lipinski definition) is 2. The van der Waals surface area contributed by atoms with Crippen LogP contribution in [0, 0.1) is 11.8 Å².